The Morgan fingerprint density at radius 1 is 1.30 bits per heavy atom. The van der Waals surface area contributed by atoms with E-state index in [1.807, 2.05) is 12.1 Å². The third-order valence-corrected chi connectivity index (χ3v) is 4.75. The maximum Gasteiger partial charge on any atom is 0.120 e. The molecular weight excluding hydrogens is 250 g/mol. The van der Waals surface area contributed by atoms with Crippen molar-refractivity contribution in [1.82, 2.24) is 0 Å². The summed E-state index contributed by atoms with van der Waals surface area (Å²) < 4.78 is 6.18. The predicted molar refractivity (Wildman–Crippen MR) is 79.8 cm³/mol. The van der Waals surface area contributed by atoms with E-state index in [4.69, 9.17) is 9.94 Å². The van der Waals surface area contributed by atoms with E-state index in [0.717, 1.165) is 35.8 Å². The Kier molecular flexibility index (Phi) is 3.95. The van der Waals surface area contributed by atoms with Crippen LogP contribution in [0.25, 0.3) is 0 Å². The first-order chi connectivity index (χ1) is 9.80. The maximum absolute atomic E-state index is 8.96. The second-order valence-corrected chi connectivity index (χ2v) is 6.05. The molecule has 0 spiro atoms. The van der Waals surface area contributed by atoms with Crippen LogP contribution in [0.2, 0.25) is 0 Å². The molecule has 1 N–H and O–H groups in total. The first-order valence-corrected chi connectivity index (χ1v) is 7.81. The van der Waals surface area contributed by atoms with E-state index in [1.54, 1.807) is 0 Å². The van der Waals surface area contributed by atoms with Gasteiger partial charge in [-0.25, -0.2) is 0 Å². The molecule has 108 valence electrons. The zero-order valence-electron chi connectivity index (χ0n) is 12.1. The van der Waals surface area contributed by atoms with Crippen LogP contribution in [-0.4, -0.2) is 17.0 Å². The Morgan fingerprint density at radius 2 is 2.20 bits per heavy atom. The minimum atomic E-state index is 0.374. The number of fused-ring (bicyclic) bond motifs is 1. The summed E-state index contributed by atoms with van der Waals surface area (Å²) in [6.07, 6.45) is 8.44. The summed E-state index contributed by atoms with van der Waals surface area (Å²) in [4.78, 5) is 0. The summed E-state index contributed by atoms with van der Waals surface area (Å²) >= 11 is 0. The van der Waals surface area contributed by atoms with Gasteiger partial charge >= 0.3 is 0 Å². The molecular formula is C17H23NO2. The van der Waals surface area contributed by atoms with Crippen molar-refractivity contribution in [3.8, 4) is 5.75 Å². The van der Waals surface area contributed by atoms with Crippen molar-refractivity contribution in [2.45, 2.75) is 58.0 Å². The Labute approximate surface area is 120 Å². The van der Waals surface area contributed by atoms with Gasteiger partial charge in [-0.15, -0.1) is 0 Å². The minimum Gasteiger partial charge on any atom is -0.490 e. The topological polar surface area (TPSA) is 41.8 Å². The second kappa shape index (κ2) is 5.86. The van der Waals surface area contributed by atoms with Crippen molar-refractivity contribution in [1.29, 1.82) is 0 Å². The molecule has 0 radical (unpaired) electrons. The maximum atomic E-state index is 8.96. The van der Waals surface area contributed by atoms with Crippen molar-refractivity contribution < 1.29 is 9.94 Å². The van der Waals surface area contributed by atoms with Gasteiger partial charge in [-0.3, -0.25) is 0 Å². The Balaban J connectivity index is 1.70. The van der Waals surface area contributed by atoms with Gasteiger partial charge in [0.1, 0.15) is 5.75 Å². The molecule has 0 amide bonds. The Bertz CT molecular complexity index is 510. The molecule has 0 saturated heterocycles. The van der Waals surface area contributed by atoms with Crippen molar-refractivity contribution >= 4 is 5.71 Å². The molecule has 2 atom stereocenters. The third kappa shape index (κ3) is 2.67. The molecule has 1 saturated carbocycles. The average Bonchev–Trinajstić information content (AvgIpc) is 2.89. The number of hydrogen-bond acceptors (Lipinski definition) is 3. The Hall–Kier alpha value is -1.51. The number of nitrogens with zero attached hydrogens (tertiary/aromatic N) is 1. The van der Waals surface area contributed by atoms with Gasteiger partial charge in [0.05, 0.1) is 11.8 Å². The Morgan fingerprint density at radius 3 is 3.00 bits per heavy atom. The van der Waals surface area contributed by atoms with Crippen LogP contribution in [0.1, 0.15) is 56.6 Å². The third-order valence-electron chi connectivity index (χ3n) is 4.75. The quantitative estimate of drug-likeness (QED) is 0.663. The SMILES string of the molecule is CCC1CCCC(Oc2ccc3c(c2)CC/C3=N\O)C1. The highest BCUT2D eigenvalue weighted by Gasteiger charge is 2.23. The smallest absolute Gasteiger partial charge is 0.120 e. The first-order valence-electron chi connectivity index (χ1n) is 7.81. The molecule has 1 fully saturated rings. The van der Waals surface area contributed by atoms with Gasteiger partial charge in [0.2, 0.25) is 0 Å². The van der Waals surface area contributed by atoms with Gasteiger partial charge in [0.15, 0.2) is 0 Å². The van der Waals surface area contributed by atoms with Crippen molar-refractivity contribution in [3.05, 3.63) is 29.3 Å². The van der Waals surface area contributed by atoms with Crippen LogP contribution in [-0.2, 0) is 6.42 Å². The van der Waals surface area contributed by atoms with Crippen LogP contribution in [0, 0.1) is 5.92 Å². The van der Waals surface area contributed by atoms with Crippen LogP contribution >= 0.6 is 0 Å². The number of aryl methyl sites for hydroxylation is 1. The number of hydrogen-bond donors (Lipinski definition) is 1. The lowest BCUT2D eigenvalue weighted by molar-refractivity contribution is 0.122. The molecule has 0 aliphatic heterocycles. The molecule has 20 heavy (non-hydrogen) atoms. The van der Waals surface area contributed by atoms with Gasteiger partial charge in [0.25, 0.3) is 0 Å². The molecule has 3 nitrogen and oxygen atoms in total. The van der Waals surface area contributed by atoms with Crippen LogP contribution in [0.5, 0.6) is 5.75 Å². The normalized spacial score (nSPS) is 27.6. The van der Waals surface area contributed by atoms with Crippen LogP contribution in [0.3, 0.4) is 0 Å². The first kappa shape index (κ1) is 13.5. The van der Waals surface area contributed by atoms with E-state index in [2.05, 4.69) is 18.1 Å². The zero-order valence-corrected chi connectivity index (χ0v) is 12.1. The van der Waals surface area contributed by atoms with Gasteiger partial charge in [-0.1, -0.05) is 24.9 Å². The number of oxime groups is 1. The second-order valence-electron chi connectivity index (χ2n) is 6.05. The molecule has 3 heteroatoms. The molecule has 0 bridgehead atoms. The number of benzene rings is 1. The van der Waals surface area contributed by atoms with Crippen molar-refractivity contribution in [2.24, 2.45) is 11.1 Å². The lowest BCUT2D eigenvalue weighted by Crippen LogP contribution is -2.25. The van der Waals surface area contributed by atoms with Crippen molar-refractivity contribution in [2.75, 3.05) is 0 Å². The van der Waals surface area contributed by atoms with E-state index < -0.39 is 0 Å². The van der Waals surface area contributed by atoms with E-state index in [1.165, 1.54) is 37.7 Å². The van der Waals surface area contributed by atoms with Gasteiger partial charge < -0.3 is 9.94 Å². The lowest BCUT2D eigenvalue weighted by atomic mass is 9.85. The van der Waals surface area contributed by atoms with Gasteiger partial charge in [-0.05, 0) is 61.8 Å². The zero-order chi connectivity index (χ0) is 13.9. The monoisotopic (exact) mass is 273 g/mol. The fourth-order valence-corrected chi connectivity index (χ4v) is 3.54. The molecule has 2 aliphatic rings. The molecule has 0 heterocycles. The van der Waals surface area contributed by atoms with Crippen LogP contribution in [0.4, 0.5) is 0 Å². The van der Waals surface area contributed by atoms with Crippen LogP contribution < -0.4 is 4.74 Å². The van der Waals surface area contributed by atoms with Gasteiger partial charge in [0, 0.05) is 5.56 Å². The predicted octanol–water partition coefficient (Wildman–Crippen LogP) is 4.16. The fraction of sp³-hybridized carbons (Fsp3) is 0.588. The molecule has 1 aromatic rings. The molecule has 0 aromatic heterocycles. The summed E-state index contributed by atoms with van der Waals surface area (Å²) in [5, 5.41) is 12.3. The highest BCUT2D eigenvalue weighted by molar-refractivity contribution is 6.04. The highest BCUT2D eigenvalue weighted by atomic mass is 16.5. The van der Waals surface area contributed by atoms with E-state index in [-0.39, 0.29) is 0 Å². The van der Waals surface area contributed by atoms with Crippen LogP contribution in [0.15, 0.2) is 23.4 Å². The fourth-order valence-electron chi connectivity index (χ4n) is 3.54. The molecule has 1 aromatic carbocycles. The van der Waals surface area contributed by atoms with E-state index >= 15 is 0 Å². The summed E-state index contributed by atoms with van der Waals surface area (Å²) in [6, 6.07) is 6.18. The number of rotatable bonds is 3. The summed E-state index contributed by atoms with van der Waals surface area (Å²) in [6.45, 7) is 2.28. The minimum absolute atomic E-state index is 0.374. The summed E-state index contributed by atoms with van der Waals surface area (Å²) in [5.41, 5.74) is 3.13. The average molecular weight is 273 g/mol. The number of ether oxygens (including phenoxy) is 1. The molecule has 2 aliphatic carbocycles. The van der Waals surface area contributed by atoms with Crippen molar-refractivity contribution in [3.63, 3.8) is 0 Å². The summed E-state index contributed by atoms with van der Waals surface area (Å²) in [7, 11) is 0. The van der Waals surface area contributed by atoms with Gasteiger partial charge in [-0.2, -0.15) is 0 Å². The summed E-state index contributed by atoms with van der Waals surface area (Å²) in [5.74, 6) is 1.81. The standard InChI is InChI=1S/C17H23NO2/c1-2-12-4-3-5-14(10-12)20-15-7-8-16-13(11-15)6-9-17(16)18-19/h7-8,11-12,14,19H,2-6,9-10H2,1H3/b18-17+. The lowest BCUT2D eigenvalue weighted by Gasteiger charge is -2.29. The molecule has 2 unspecified atom stereocenters. The van der Waals surface area contributed by atoms with E-state index in [0.29, 0.717) is 6.10 Å². The van der Waals surface area contributed by atoms with E-state index in [9.17, 15) is 0 Å². The largest absolute Gasteiger partial charge is 0.490 e. The highest BCUT2D eigenvalue weighted by Crippen LogP contribution is 2.32. The molecule has 3 rings (SSSR count).